The van der Waals surface area contributed by atoms with Crippen LogP contribution in [0.15, 0.2) is 65.8 Å². The fourth-order valence-electron chi connectivity index (χ4n) is 2.24. The number of nitrogens with one attached hydrogen (secondary N) is 1. The summed E-state index contributed by atoms with van der Waals surface area (Å²) in [7, 11) is 0. The molecule has 0 spiro atoms. The van der Waals surface area contributed by atoms with E-state index in [2.05, 4.69) is 10.5 Å². The number of hydrogen-bond donors (Lipinski definition) is 1. The largest absolute Gasteiger partial charge is 0.484 e. The molecule has 0 aromatic heterocycles. The fraction of sp³-hybridized carbons (Fsp3) is 0.0526. The molecule has 0 fully saturated rings. The standard InChI is InChI=1S/C19H14ClFN2O2/c20-17-6-3-7-18(21)16(17)11-22-23-19(24)12-25-15-9-8-13-4-1-2-5-14(13)10-15/h1-11H,12H2,(H,23,24)/b22-11-. The van der Waals surface area contributed by atoms with E-state index in [0.29, 0.717) is 5.75 Å². The second kappa shape index (κ2) is 7.77. The van der Waals surface area contributed by atoms with Crippen molar-refractivity contribution in [3.05, 3.63) is 77.1 Å². The molecular formula is C19H14ClFN2O2. The first-order valence-electron chi connectivity index (χ1n) is 7.51. The third-order valence-electron chi connectivity index (χ3n) is 3.47. The van der Waals surface area contributed by atoms with Crippen LogP contribution in [-0.2, 0) is 4.79 Å². The number of nitrogens with zero attached hydrogens (tertiary/aromatic N) is 1. The van der Waals surface area contributed by atoms with Gasteiger partial charge in [0.15, 0.2) is 6.61 Å². The summed E-state index contributed by atoms with van der Waals surface area (Å²) >= 11 is 5.87. The zero-order valence-electron chi connectivity index (χ0n) is 13.1. The van der Waals surface area contributed by atoms with Gasteiger partial charge in [0.1, 0.15) is 11.6 Å². The van der Waals surface area contributed by atoms with Gasteiger partial charge in [-0.05, 0) is 35.0 Å². The number of benzene rings is 3. The lowest BCUT2D eigenvalue weighted by atomic mass is 10.1. The molecule has 4 nitrogen and oxygen atoms in total. The minimum Gasteiger partial charge on any atom is -0.484 e. The van der Waals surface area contributed by atoms with E-state index < -0.39 is 11.7 Å². The molecule has 126 valence electrons. The van der Waals surface area contributed by atoms with Crippen LogP contribution in [0.1, 0.15) is 5.56 Å². The molecule has 0 aliphatic heterocycles. The molecule has 1 N–H and O–H groups in total. The molecule has 6 heteroatoms. The van der Waals surface area contributed by atoms with Gasteiger partial charge in [-0.25, -0.2) is 9.82 Å². The Morgan fingerprint density at radius 1 is 1.12 bits per heavy atom. The monoisotopic (exact) mass is 356 g/mol. The zero-order valence-corrected chi connectivity index (χ0v) is 13.8. The summed E-state index contributed by atoms with van der Waals surface area (Å²) in [4.78, 5) is 11.8. The second-order valence-corrected chi connectivity index (χ2v) is 5.63. The number of carbonyl (C=O) groups excluding carboxylic acids is 1. The number of ether oxygens (including phenoxy) is 1. The third-order valence-corrected chi connectivity index (χ3v) is 3.80. The van der Waals surface area contributed by atoms with Crippen molar-refractivity contribution in [1.29, 1.82) is 0 Å². The van der Waals surface area contributed by atoms with E-state index in [1.807, 2.05) is 36.4 Å². The number of carbonyl (C=O) groups is 1. The van der Waals surface area contributed by atoms with Gasteiger partial charge in [-0.15, -0.1) is 0 Å². The topological polar surface area (TPSA) is 50.7 Å². The highest BCUT2D eigenvalue weighted by atomic mass is 35.5. The van der Waals surface area contributed by atoms with Crippen LogP contribution in [0.5, 0.6) is 5.75 Å². The van der Waals surface area contributed by atoms with Gasteiger partial charge in [-0.1, -0.05) is 48.0 Å². The summed E-state index contributed by atoms with van der Waals surface area (Å²) in [6, 6.07) is 17.7. The third kappa shape index (κ3) is 4.33. The molecule has 0 saturated heterocycles. The van der Waals surface area contributed by atoms with Crippen LogP contribution in [0.2, 0.25) is 5.02 Å². The van der Waals surface area contributed by atoms with Crippen LogP contribution in [0, 0.1) is 5.82 Å². The first kappa shape index (κ1) is 16.9. The van der Waals surface area contributed by atoms with Crippen molar-refractivity contribution >= 4 is 34.5 Å². The molecule has 0 saturated carbocycles. The van der Waals surface area contributed by atoms with Crippen LogP contribution in [0.25, 0.3) is 10.8 Å². The Balaban J connectivity index is 1.56. The average Bonchev–Trinajstić information content (AvgIpc) is 2.62. The number of hydrazone groups is 1. The summed E-state index contributed by atoms with van der Waals surface area (Å²) in [5.74, 6) is -0.398. The number of rotatable bonds is 5. The number of halogens is 2. The molecule has 1 amide bonds. The quantitative estimate of drug-likeness (QED) is 0.551. The molecule has 0 radical (unpaired) electrons. The second-order valence-electron chi connectivity index (χ2n) is 5.23. The van der Waals surface area contributed by atoms with Gasteiger partial charge in [0, 0.05) is 5.56 Å². The molecule has 0 atom stereocenters. The van der Waals surface area contributed by atoms with E-state index in [9.17, 15) is 9.18 Å². The Bertz CT molecular complexity index is 923. The normalized spacial score (nSPS) is 11.0. The Hall–Kier alpha value is -2.92. The maximum absolute atomic E-state index is 13.6. The predicted octanol–water partition coefficient (Wildman–Crippen LogP) is 4.16. The SMILES string of the molecule is O=C(COc1ccc2ccccc2c1)N/N=C\c1c(F)cccc1Cl. The van der Waals surface area contributed by atoms with Crippen LogP contribution in [-0.4, -0.2) is 18.7 Å². The molecule has 3 aromatic rings. The number of fused-ring (bicyclic) bond motifs is 1. The summed E-state index contributed by atoms with van der Waals surface area (Å²) < 4.78 is 19.0. The predicted molar refractivity (Wildman–Crippen MR) is 96.6 cm³/mol. The van der Waals surface area contributed by atoms with E-state index >= 15 is 0 Å². The van der Waals surface area contributed by atoms with Gasteiger partial charge in [-0.3, -0.25) is 4.79 Å². The molecule has 25 heavy (non-hydrogen) atoms. The van der Waals surface area contributed by atoms with Crippen LogP contribution in [0.4, 0.5) is 4.39 Å². The molecule has 0 aliphatic carbocycles. The molecule has 0 bridgehead atoms. The van der Waals surface area contributed by atoms with Crippen LogP contribution < -0.4 is 10.2 Å². The summed E-state index contributed by atoms with van der Waals surface area (Å²) in [6.45, 7) is -0.208. The Morgan fingerprint density at radius 2 is 1.92 bits per heavy atom. The Kier molecular flexibility index (Phi) is 5.26. The van der Waals surface area contributed by atoms with Crippen molar-refractivity contribution in [2.45, 2.75) is 0 Å². The summed E-state index contributed by atoms with van der Waals surface area (Å²) in [6.07, 6.45) is 1.16. The van der Waals surface area contributed by atoms with Crippen molar-refractivity contribution in [2.75, 3.05) is 6.61 Å². The highest BCUT2D eigenvalue weighted by molar-refractivity contribution is 6.33. The molecule has 0 unspecified atom stereocenters. The Labute approximate surface area is 148 Å². The summed E-state index contributed by atoms with van der Waals surface area (Å²) in [5.41, 5.74) is 2.38. The maximum atomic E-state index is 13.6. The van der Waals surface area contributed by atoms with E-state index in [-0.39, 0.29) is 17.2 Å². The van der Waals surface area contributed by atoms with Gasteiger partial charge in [-0.2, -0.15) is 5.10 Å². The van der Waals surface area contributed by atoms with E-state index in [1.165, 1.54) is 18.2 Å². The lowest BCUT2D eigenvalue weighted by molar-refractivity contribution is -0.123. The lowest BCUT2D eigenvalue weighted by Gasteiger charge is -2.06. The minimum absolute atomic E-state index is 0.111. The van der Waals surface area contributed by atoms with Gasteiger partial charge in [0.2, 0.25) is 0 Å². The van der Waals surface area contributed by atoms with E-state index in [1.54, 1.807) is 6.07 Å². The molecule has 3 aromatic carbocycles. The van der Waals surface area contributed by atoms with Crippen LogP contribution >= 0.6 is 11.6 Å². The van der Waals surface area contributed by atoms with Gasteiger partial charge >= 0.3 is 0 Å². The van der Waals surface area contributed by atoms with Crippen LogP contribution in [0.3, 0.4) is 0 Å². The van der Waals surface area contributed by atoms with Gasteiger partial charge in [0.25, 0.3) is 5.91 Å². The average molecular weight is 357 g/mol. The molecule has 0 heterocycles. The molecular weight excluding hydrogens is 343 g/mol. The first-order valence-corrected chi connectivity index (χ1v) is 7.89. The minimum atomic E-state index is -0.516. The van der Waals surface area contributed by atoms with Crippen molar-refractivity contribution < 1.29 is 13.9 Å². The van der Waals surface area contributed by atoms with E-state index in [0.717, 1.165) is 17.0 Å². The van der Waals surface area contributed by atoms with Crippen molar-refractivity contribution in [3.63, 3.8) is 0 Å². The van der Waals surface area contributed by atoms with Crippen molar-refractivity contribution in [2.24, 2.45) is 5.10 Å². The first-order chi connectivity index (χ1) is 12.1. The maximum Gasteiger partial charge on any atom is 0.277 e. The Morgan fingerprint density at radius 3 is 2.72 bits per heavy atom. The molecule has 0 aliphatic rings. The van der Waals surface area contributed by atoms with Gasteiger partial charge < -0.3 is 4.74 Å². The van der Waals surface area contributed by atoms with Crippen molar-refractivity contribution in [3.8, 4) is 5.75 Å². The van der Waals surface area contributed by atoms with E-state index in [4.69, 9.17) is 16.3 Å². The smallest absolute Gasteiger partial charge is 0.277 e. The molecule has 3 rings (SSSR count). The summed E-state index contributed by atoms with van der Waals surface area (Å²) in [5, 5.41) is 6.02. The fourth-order valence-corrected chi connectivity index (χ4v) is 2.45. The lowest BCUT2D eigenvalue weighted by Crippen LogP contribution is -2.24. The highest BCUT2D eigenvalue weighted by Gasteiger charge is 2.05. The number of amides is 1. The number of hydrogen-bond acceptors (Lipinski definition) is 3. The van der Waals surface area contributed by atoms with Crippen molar-refractivity contribution in [1.82, 2.24) is 5.43 Å². The highest BCUT2D eigenvalue weighted by Crippen LogP contribution is 2.20. The zero-order chi connectivity index (χ0) is 17.6. The van der Waals surface area contributed by atoms with Gasteiger partial charge in [0.05, 0.1) is 11.2 Å².